The van der Waals surface area contributed by atoms with Crippen molar-refractivity contribution in [2.24, 2.45) is 0 Å². The van der Waals surface area contributed by atoms with E-state index in [1.165, 1.54) is 13.0 Å². The minimum Gasteiger partial charge on any atom is -0.451 e. The lowest BCUT2D eigenvalue weighted by atomic mass is 10.1. The smallest absolute Gasteiger partial charge is 0.326 e. The number of ether oxygens (including phenoxy) is 1. The van der Waals surface area contributed by atoms with Crippen LogP contribution in [0.5, 0.6) is 0 Å². The number of amides is 2. The fourth-order valence-corrected chi connectivity index (χ4v) is 2.47. The first kappa shape index (κ1) is 20.7. The minimum atomic E-state index is -1.07. The molecule has 0 aliphatic carbocycles. The number of esters is 1. The highest BCUT2D eigenvalue weighted by Gasteiger charge is 2.19. The van der Waals surface area contributed by atoms with Crippen LogP contribution in [-0.2, 0) is 25.5 Å². The van der Waals surface area contributed by atoms with Crippen LogP contribution in [0, 0.1) is 0 Å². The summed E-state index contributed by atoms with van der Waals surface area (Å²) in [6, 6.07) is 13.7. The molecule has 142 valence electrons. The van der Waals surface area contributed by atoms with Crippen molar-refractivity contribution >= 4 is 46.7 Å². The second kappa shape index (κ2) is 9.94. The van der Waals surface area contributed by atoms with Gasteiger partial charge in [-0.25, -0.2) is 0 Å². The van der Waals surface area contributed by atoms with Gasteiger partial charge in [0.25, 0.3) is 5.91 Å². The number of halogens is 2. The molecule has 2 aromatic rings. The van der Waals surface area contributed by atoms with Gasteiger partial charge in [-0.05, 0) is 30.7 Å². The molecule has 6 nitrogen and oxygen atoms in total. The second-order valence-electron chi connectivity index (χ2n) is 5.68. The van der Waals surface area contributed by atoms with Gasteiger partial charge in [0.05, 0.1) is 17.1 Å². The van der Waals surface area contributed by atoms with E-state index in [-0.39, 0.29) is 18.9 Å². The average Bonchev–Trinajstić information content (AvgIpc) is 2.64. The van der Waals surface area contributed by atoms with Crippen LogP contribution in [-0.4, -0.2) is 30.4 Å². The van der Waals surface area contributed by atoms with Gasteiger partial charge in [-0.3, -0.25) is 14.4 Å². The van der Waals surface area contributed by atoms with Gasteiger partial charge in [-0.2, -0.15) is 0 Å². The molecule has 27 heavy (non-hydrogen) atoms. The largest absolute Gasteiger partial charge is 0.451 e. The summed E-state index contributed by atoms with van der Waals surface area (Å²) >= 11 is 11.8. The molecule has 2 N–H and O–H groups in total. The molecular weight excluding hydrogens is 391 g/mol. The van der Waals surface area contributed by atoms with Crippen LogP contribution in [0.3, 0.4) is 0 Å². The highest BCUT2D eigenvalue weighted by Crippen LogP contribution is 2.25. The van der Waals surface area contributed by atoms with Gasteiger partial charge < -0.3 is 15.4 Å². The van der Waals surface area contributed by atoms with Gasteiger partial charge in [0, 0.05) is 5.02 Å². The lowest BCUT2D eigenvalue weighted by molar-refractivity contribution is -0.152. The molecule has 0 aliphatic rings. The summed E-state index contributed by atoms with van der Waals surface area (Å²) in [6.07, 6.45) is -0.921. The summed E-state index contributed by atoms with van der Waals surface area (Å²) in [5.74, 6) is -1.61. The quantitative estimate of drug-likeness (QED) is 0.688. The molecule has 0 fully saturated rings. The van der Waals surface area contributed by atoms with E-state index in [0.29, 0.717) is 15.7 Å². The molecule has 0 spiro atoms. The van der Waals surface area contributed by atoms with Crippen molar-refractivity contribution in [3.05, 3.63) is 64.1 Å². The highest BCUT2D eigenvalue weighted by atomic mass is 35.5. The molecule has 2 amide bonds. The van der Waals surface area contributed by atoms with Crippen LogP contribution < -0.4 is 10.6 Å². The standard InChI is InChI=1S/C19H18Cl2N2O4/c1-12(19(26)23-16-10-14(20)7-8-15(16)21)27-18(25)11-22-17(24)9-13-5-3-2-4-6-13/h2-8,10,12H,9,11H2,1H3,(H,22,24)(H,23,26). The number of carbonyl (C=O) groups excluding carboxylic acids is 3. The van der Waals surface area contributed by atoms with Crippen molar-refractivity contribution in [3.63, 3.8) is 0 Å². The molecule has 1 unspecified atom stereocenters. The first-order valence-electron chi connectivity index (χ1n) is 8.11. The topological polar surface area (TPSA) is 84.5 Å². The molecule has 0 aromatic heterocycles. The highest BCUT2D eigenvalue weighted by molar-refractivity contribution is 6.35. The number of hydrogen-bond donors (Lipinski definition) is 2. The first-order valence-corrected chi connectivity index (χ1v) is 8.87. The van der Waals surface area contributed by atoms with Crippen molar-refractivity contribution in [3.8, 4) is 0 Å². The van der Waals surface area contributed by atoms with Crippen molar-refractivity contribution in [1.29, 1.82) is 0 Å². The van der Waals surface area contributed by atoms with Crippen LogP contribution in [0.15, 0.2) is 48.5 Å². The Labute approximate surface area is 166 Å². The third-order valence-electron chi connectivity index (χ3n) is 3.50. The van der Waals surface area contributed by atoms with Crippen molar-refractivity contribution in [2.75, 3.05) is 11.9 Å². The number of carbonyl (C=O) groups is 3. The van der Waals surface area contributed by atoms with E-state index in [9.17, 15) is 14.4 Å². The Morgan fingerprint density at radius 3 is 2.48 bits per heavy atom. The van der Waals surface area contributed by atoms with Gasteiger partial charge in [0.2, 0.25) is 5.91 Å². The van der Waals surface area contributed by atoms with Gasteiger partial charge in [0.15, 0.2) is 6.10 Å². The molecule has 0 heterocycles. The maximum absolute atomic E-state index is 12.1. The zero-order valence-electron chi connectivity index (χ0n) is 14.5. The third-order valence-corrected chi connectivity index (χ3v) is 4.07. The lowest BCUT2D eigenvalue weighted by Gasteiger charge is -2.14. The number of hydrogen-bond acceptors (Lipinski definition) is 4. The van der Waals surface area contributed by atoms with E-state index in [1.54, 1.807) is 12.1 Å². The Bertz CT molecular complexity index is 828. The Morgan fingerprint density at radius 1 is 1.07 bits per heavy atom. The van der Waals surface area contributed by atoms with Crippen LogP contribution in [0.25, 0.3) is 0 Å². The molecule has 0 radical (unpaired) electrons. The summed E-state index contributed by atoms with van der Waals surface area (Å²) < 4.78 is 5.01. The molecule has 2 rings (SSSR count). The van der Waals surface area contributed by atoms with Gasteiger partial charge in [-0.15, -0.1) is 0 Å². The average molecular weight is 409 g/mol. The fraction of sp³-hybridized carbons (Fsp3) is 0.211. The van der Waals surface area contributed by atoms with Crippen molar-refractivity contribution in [1.82, 2.24) is 5.32 Å². The Kier molecular flexibility index (Phi) is 7.64. The number of rotatable bonds is 7. The van der Waals surface area contributed by atoms with Gasteiger partial charge >= 0.3 is 5.97 Å². The Hall–Kier alpha value is -2.57. The van der Waals surface area contributed by atoms with E-state index >= 15 is 0 Å². The van der Waals surface area contributed by atoms with E-state index in [4.69, 9.17) is 27.9 Å². The predicted molar refractivity (Wildman–Crippen MR) is 104 cm³/mol. The summed E-state index contributed by atoms with van der Waals surface area (Å²) in [4.78, 5) is 35.8. The lowest BCUT2D eigenvalue weighted by Crippen LogP contribution is -2.36. The zero-order valence-corrected chi connectivity index (χ0v) is 16.0. The van der Waals surface area contributed by atoms with Crippen LogP contribution >= 0.6 is 23.2 Å². The maximum atomic E-state index is 12.1. The van der Waals surface area contributed by atoms with Crippen molar-refractivity contribution in [2.45, 2.75) is 19.4 Å². The molecule has 0 saturated carbocycles. The monoisotopic (exact) mass is 408 g/mol. The van der Waals surface area contributed by atoms with E-state index in [1.807, 2.05) is 30.3 Å². The molecular formula is C19H18Cl2N2O4. The molecule has 0 bridgehead atoms. The Morgan fingerprint density at radius 2 is 1.78 bits per heavy atom. The first-order chi connectivity index (χ1) is 12.8. The van der Waals surface area contributed by atoms with Gasteiger partial charge in [0.1, 0.15) is 6.54 Å². The van der Waals surface area contributed by atoms with E-state index in [2.05, 4.69) is 10.6 Å². The third kappa shape index (κ3) is 6.92. The molecule has 0 saturated heterocycles. The normalized spacial score (nSPS) is 11.4. The summed E-state index contributed by atoms with van der Waals surface area (Å²) in [7, 11) is 0. The maximum Gasteiger partial charge on any atom is 0.326 e. The zero-order chi connectivity index (χ0) is 19.8. The number of anilines is 1. The van der Waals surface area contributed by atoms with E-state index < -0.39 is 18.0 Å². The summed E-state index contributed by atoms with van der Waals surface area (Å²) in [5.41, 5.74) is 1.14. The van der Waals surface area contributed by atoms with Crippen LogP contribution in [0.1, 0.15) is 12.5 Å². The van der Waals surface area contributed by atoms with Gasteiger partial charge in [-0.1, -0.05) is 53.5 Å². The molecule has 2 aromatic carbocycles. The summed E-state index contributed by atoms with van der Waals surface area (Å²) in [6.45, 7) is 1.08. The molecule has 8 heteroatoms. The van der Waals surface area contributed by atoms with Crippen LogP contribution in [0.2, 0.25) is 10.0 Å². The minimum absolute atomic E-state index is 0.150. The fourth-order valence-electron chi connectivity index (χ4n) is 2.13. The number of benzene rings is 2. The Balaban J connectivity index is 1.78. The van der Waals surface area contributed by atoms with E-state index in [0.717, 1.165) is 5.56 Å². The molecule has 0 aliphatic heterocycles. The predicted octanol–water partition coefficient (Wildman–Crippen LogP) is 3.22. The van der Waals surface area contributed by atoms with Crippen molar-refractivity contribution < 1.29 is 19.1 Å². The SMILES string of the molecule is CC(OC(=O)CNC(=O)Cc1ccccc1)C(=O)Nc1cc(Cl)ccc1Cl. The second-order valence-corrected chi connectivity index (χ2v) is 6.53. The summed E-state index contributed by atoms with van der Waals surface area (Å²) in [5, 5.41) is 5.70. The number of nitrogens with one attached hydrogen (secondary N) is 2. The molecule has 1 atom stereocenters. The van der Waals surface area contributed by atoms with Crippen LogP contribution in [0.4, 0.5) is 5.69 Å².